The van der Waals surface area contributed by atoms with E-state index in [-0.39, 0.29) is 18.8 Å². The summed E-state index contributed by atoms with van der Waals surface area (Å²) >= 11 is 6.07. The molecule has 2 heterocycles. The summed E-state index contributed by atoms with van der Waals surface area (Å²) in [6, 6.07) is 21.5. The van der Waals surface area contributed by atoms with Gasteiger partial charge in [0, 0.05) is 13.7 Å². The number of piperidine rings is 1. The third-order valence-corrected chi connectivity index (χ3v) is 6.34. The highest BCUT2D eigenvalue weighted by molar-refractivity contribution is 6.33. The lowest BCUT2D eigenvalue weighted by Crippen LogP contribution is -2.43. The molecule has 3 aromatic carbocycles. The average Bonchev–Trinajstić information content (AvgIpc) is 3.41. The molecular formula is C27H29ClN4O4. The molecular weight excluding hydrogens is 480 g/mol. The number of aliphatic hydroxyl groups excluding tert-OH is 1. The Morgan fingerprint density at radius 3 is 2.69 bits per heavy atom. The number of fused-ring (bicyclic) bond motifs is 1. The molecule has 2 N–H and O–H groups in total. The number of esters is 1. The molecule has 0 bridgehead atoms. The number of carbonyl (C=O) groups is 1. The molecule has 2 unspecified atom stereocenters. The van der Waals surface area contributed by atoms with E-state index in [2.05, 4.69) is 46.0 Å². The molecule has 1 fully saturated rings. The van der Waals surface area contributed by atoms with Crippen molar-refractivity contribution in [2.24, 2.45) is 0 Å². The fraction of sp³-hybridized carbons (Fsp3) is 0.296. The van der Waals surface area contributed by atoms with E-state index < -0.39 is 5.97 Å². The van der Waals surface area contributed by atoms with Crippen LogP contribution in [0.2, 0.25) is 5.02 Å². The van der Waals surface area contributed by atoms with E-state index in [4.69, 9.17) is 26.2 Å². The van der Waals surface area contributed by atoms with Gasteiger partial charge in [0.25, 0.3) is 0 Å². The van der Waals surface area contributed by atoms with Gasteiger partial charge in [-0.3, -0.25) is 0 Å². The van der Waals surface area contributed by atoms with Gasteiger partial charge in [0.2, 0.25) is 0 Å². The van der Waals surface area contributed by atoms with Gasteiger partial charge in [-0.25, -0.2) is 9.48 Å². The van der Waals surface area contributed by atoms with Gasteiger partial charge >= 0.3 is 5.97 Å². The lowest BCUT2D eigenvalue weighted by atomic mass is 10.0. The second-order valence-corrected chi connectivity index (χ2v) is 8.74. The van der Waals surface area contributed by atoms with Crippen LogP contribution < -0.4 is 5.32 Å². The second-order valence-electron chi connectivity index (χ2n) is 8.34. The van der Waals surface area contributed by atoms with E-state index in [0.717, 1.165) is 32.2 Å². The Balaban J connectivity index is 0.00000148. The van der Waals surface area contributed by atoms with Gasteiger partial charge in [0.15, 0.2) is 0 Å². The van der Waals surface area contributed by atoms with E-state index in [1.165, 1.54) is 10.8 Å². The predicted octanol–water partition coefficient (Wildman–Crippen LogP) is 4.17. The largest absolute Gasteiger partial charge is 0.455 e. The Labute approximate surface area is 214 Å². The quantitative estimate of drug-likeness (QED) is 0.361. The van der Waals surface area contributed by atoms with Crippen LogP contribution in [0.3, 0.4) is 0 Å². The number of benzene rings is 3. The summed E-state index contributed by atoms with van der Waals surface area (Å²) in [4.78, 5) is 12.3. The molecule has 1 aliphatic heterocycles. The first-order valence-corrected chi connectivity index (χ1v) is 12.1. The first-order valence-electron chi connectivity index (χ1n) is 11.7. The molecule has 0 aliphatic carbocycles. The van der Waals surface area contributed by atoms with Crippen molar-refractivity contribution >= 4 is 28.3 Å². The van der Waals surface area contributed by atoms with Crippen LogP contribution in [0.15, 0.2) is 72.9 Å². The summed E-state index contributed by atoms with van der Waals surface area (Å²) in [5.41, 5.74) is 2.04. The van der Waals surface area contributed by atoms with E-state index >= 15 is 0 Å². The van der Waals surface area contributed by atoms with Crippen molar-refractivity contribution in [3.05, 3.63) is 94.8 Å². The number of rotatable bonds is 7. The lowest BCUT2D eigenvalue weighted by molar-refractivity contribution is -0.0113. The summed E-state index contributed by atoms with van der Waals surface area (Å²) in [6.45, 7) is 2.15. The molecule has 9 heteroatoms. The highest BCUT2D eigenvalue weighted by Crippen LogP contribution is 2.24. The maximum absolute atomic E-state index is 12.3. The first-order chi connectivity index (χ1) is 17.7. The van der Waals surface area contributed by atoms with Crippen LogP contribution in [0.5, 0.6) is 0 Å². The zero-order chi connectivity index (χ0) is 25.3. The number of hydrogen-bond donors (Lipinski definition) is 2. The molecule has 0 spiro atoms. The normalized spacial score (nSPS) is 17.3. The van der Waals surface area contributed by atoms with Crippen LogP contribution in [0.1, 0.15) is 34.1 Å². The Kier molecular flexibility index (Phi) is 9.02. The van der Waals surface area contributed by atoms with Gasteiger partial charge in [-0.05, 0) is 47.5 Å². The average molecular weight is 509 g/mol. The molecule has 36 heavy (non-hydrogen) atoms. The van der Waals surface area contributed by atoms with Crippen molar-refractivity contribution < 1.29 is 19.4 Å². The van der Waals surface area contributed by atoms with Crippen LogP contribution in [0.4, 0.5) is 0 Å². The van der Waals surface area contributed by atoms with Crippen molar-refractivity contribution in [1.82, 2.24) is 20.3 Å². The molecule has 0 amide bonds. The fourth-order valence-electron chi connectivity index (χ4n) is 4.21. The molecule has 0 radical (unpaired) electrons. The van der Waals surface area contributed by atoms with E-state index in [1.54, 1.807) is 24.3 Å². The first kappa shape index (κ1) is 25.8. The minimum atomic E-state index is -0.487. The fourth-order valence-corrected chi connectivity index (χ4v) is 4.42. The topological polar surface area (TPSA) is 98.5 Å². The van der Waals surface area contributed by atoms with Crippen molar-refractivity contribution in [2.75, 3.05) is 20.2 Å². The number of nitrogens with one attached hydrogen (secondary N) is 1. The lowest BCUT2D eigenvalue weighted by Gasteiger charge is -2.32. The van der Waals surface area contributed by atoms with Gasteiger partial charge in [0.05, 0.1) is 35.5 Å². The van der Waals surface area contributed by atoms with E-state index in [9.17, 15) is 4.79 Å². The summed E-state index contributed by atoms with van der Waals surface area (Å²) in [5, 5.41) is 21.7. The molecule has 4 aromatic rings. The Bertz CT molecular complexity index is 1300. The number of halogens is 1. The maximum Gasteiger partial charge on any atom is 0.340 e. The molecule has 1 saturated heterocycles. The van der Waals surface area contributed by atoms with Crippen LogP contribution in [-0.2, 0) is 22.7 Å². The summed E-state index contributed by atoms with van der Waals surface area (Å²) < 4.78 is 13.5. The number of carbonyl (C=O) groups excluding carboxylic acids is 1. The van der Waals surface area contributed by atoms with Crippen molar-refractivity contribution in [3.63, 3.8) is 0 Å². The Morgan fingerprint density at radius 2 is 1.86 bits per heavy atom. The van der Waals surface area contributed by atoms with Crippen molar-refractivity contribution in [2.45, 2.75) is 31.8 Å². The second kappa shape index (κ2) is 12.6. The van der Waals surface area contributed by atoms with Crippen LogP contribution in [-0.4, -0.2) is 52.4 Å². The van der Waals surface area contributed by atoms with E-state index in [1.807, 2.05) is 23.0 Å². The Morgan fingerprint density at radius 1 is 1.08 bits per heavy atom. The number of hydrogen-bond acceptors (Lipinski definition) is 7. The number of nitrogens with zero attached hydrogens (tertiary/aromatic N) is 3. The third kappa shape index (κ3) is 6.27. The number of aromatic nitrogens is 3. The predicted molar refractivity (Wildman–Crippen MR) is 138 cm³/mol. The SMILES string of the molecule is CO.O=C(OCc1cn(C2CCNCC2OCc2ccc3ccccc3c2)nn1)c1ccccc1Cl. The minimum absolute atomic E-state index is 0.0254. The number of aliphatic hydroxyl groups is 1. The highest BCUT2D eigenvalue weighted by Gasteiger charge is 2.28. The minimum Gasteiger partial charge on any atom is -0.455 e. The Hall–Kier alpha value is -3.30. The molecule has 1 aliphatic rings. The van der Waals surface area contributed by atoms with Gasteiger partial charge in [-0.1, -0.05) is 65.3 Å². The summed E-state index contributed by atoms with van der Waals surface area (Å²) in [5.74, 6) is -0.487. The zero-order valence-corrected chi connectivity index (χ0v) is 20.8. The van der Waals surface area contributed by atoms with Crippen LogP contribution in [0, 0.1) is 0 Å². The summed E-state index contributed by atoms with van der Waals surface area (Å²) in [7, 11) is 1.00. The van der Waals surface area contributed by atoms with Gasteiger partial charge < -0.3 is 19.9 Å². The van der Waals surface area contributed by atoms with Gasteiger partial charge in [-0.15, -0.1) is 5.10 Å². The molecule has 5 rings (SSSR count). The number of ether oxygens (including phenoxy) is 2. The molecule has 188 valence electrons. The third-order valence-electron chi connectivity index (χ3n) is 6.01. The van der Waals surface area contributed by atoms with E-state index in [0.29, 0.717) is 22.9 Å². The van der Waals surface area contributed by atoms with Crippen molar-refractivity contribution in [1.29, 1.82) is 0 Å². The van der Waals surface area contributed by atoms with Crippen LogP contribution in [0.25, 0.3) is 10.8 Å². The molecule has 0 saturated carbocycles. The monoisotopic (exact) mass is 508 g/mol. The zero-order valence-electron chi connectivity index (χ0n) is 20.0. The van der Waals surface area contributed by atoms with Crippen molar-refractivity contribution in [3.8, 4) is 0 Å². The molecule has 1 aromatic heterocycles. The standard InChI is InChI=1S/C26H25ClN4O3.CH4O/c27-23-8-4-3-7-22(23)26(32)34-17-21-15-31(30-29-21)24-11-12-28-14-25(24)33-16-18-9-10-19-5-1-2-6-20(19)13-18;1-2/h1-10,13,15,24-25,28H,11-12,14,16-17H2;2H,1H3. The van der Waals surface area contributed by atoms with Crippen LogP contribution >= 0.6 is 11.6 Å². The maximum atomic E-state index is 12.3. The van der Waals surface area contributed by atoms with Gasteiger partial charge in [0.1, 0.15) is 12.3 Å². The molecule has 2 atom stereocenters. The smallest absolute Gasteiger partial charge is 0.340 e. The summed E-state index contributed by atoms with van der Waals surface area (Å²) in [6.07, 6.45) is 2.63. The molecule has 8 nitrogen and oxygen atoms in total. The highest BCUT2D eigenvalue weighted by atomic mass is 35.5. The van der Waals surface area contributed by atoms with Gasteiger partial charge in [-0.2, -0.15) is 0 Å².